The van der Waals surface area contributed by atoms with Gasteiger partial charge in [0.1, 0.15) is 23.2 Å². The Kier molecular flexibility index (Phi) is 5.12. The first kappa shape index (κ1) is 15.7. The Labute approximate surface area is 126 Å². The number of halogens is 4. The Morgan fingerprint density at radius 3 is 2.14 bits per heavy atom. The van der Waals surface area contributed by atoms with Crippen molar-refractivity contribution in [2.45, 2.75) is 18.2 Å². The minimum atomic E-state index is -0.956. The summed E-state index contributed by atoms with van der Waals surface area (Å²) in [7, 11) is 1.57. The van der Waals surface area contributed by atoms with E-state index in [0.29, 0.717) is 25.0 Å². The molecular weight excluding hydrogens is 301 g/mol. The molecule has 0 aromatic heterocycles. The van der Waals surface area contributed by atoms with Gasteiger partial charge in [-0.05, 0) is 30.5 Å². The molecule has 1 atom stereocenters. The lowest BCUT2D eigenvalue weighted by molar-refractivity contribution is 0.414. The van der Waals surface area contributed by atoms with Crippen LogP contribution >= 0.6 is 11.6 Å². The third kappa shape index (κ3) is 3.91. The largest absolute Gasteiger partial charge is 0.497 e. The van der Waals surface area contributed by atoms with Crippen molar-refractivity contribution in [3.63, 3.8) is 0 Å². The van der Waals surface area contributed by atoms with E-state index in [1.807, 2.05) is 12.1 Å². The lowest BCUT2D eigenvalue weighted by Gasteiger charge is -2.12. The quantitative estimate of drug-likeness (QED) is 0.704. The van der Waals surface area contributed by atoms with Gasteiger partial charge < -0.3 is 4.74 Å². The van der Waals surface area contributed by atoms with Crippen LogP contribution < -0.4 is 4.74 Å². The average Bonchev–Trinajstić information content (AvgIpc) is 2.44. The summed E-state index contributed by atoms with van der Waals surface area (Å²) in [6.45, 7) is 0. The summed E-state index contributed by atoms with van der Waals surface area (Å²) < 4.78 is 45.1. The Morgan fingerprint density at radius 2 is 1.62 bits per heavy atom. The Balaban J connectivity index is 2.06. The van der Waals surface area contributed by atoms with E-state index in [1.54, 1.807) is 19.2 Å². The standard InChI is InChI=1S/C16H14ClF3O/c1-21-12-5-2-10(3-6-12)4-7-13(17)16-14(19)8-11(18)9-15(16)20/h2-3,5-6,8-9,13H,4,7H2,1H3. The van der Waals surface area contributed by atoms with Gasteiger partial charge in [0.15, 0.2) is 0 Å². The molecule has 112 valence electrons. The second kappa shape index (κ2) is 6.85. The van der Waals surface area contributed by atoms with Crippen LogP contribution in [0.15, 0.2) is 36.4 Å². The number of ether oxygens (including phenoxy) is 1. The monoisotopic (exact) mass is 314 g/mol. The van der Waals surface area contributed by atoms with Crippen molar-refractivity contribution in [1.29, 1.82) is 0 Å². The predicted octanol–water partition coefficient (Wildman–Crippen LogP) is 5.03. The smallest absolute Gasteiger partial charge is 0.133 e. The molecule has 0 bridgehead atoms. The van der Waals surface area contributed by atoms with Crippen molar-refractivity contribution < 1.29 is 17.9 Å². The molecular formula is C16H14ClF3O. The molecule has 2 aromatic rings. The molecule has 5 heteroatoms. The van der Waals surface area contributed by atoms with Crippen LogP contribution in [0.2, 0.25) is 0 Å². The summed E-state index contributed by atoms with van der Waals surface area (Å²) in [5.41, 5.74) is 0.691. The highest BCUT2D eigenvalue weighted by Gasteiger charge is 2.19. The van der Waals surface area contributed by atoms with E-state index in [1.165, 1.54) is 0 Å². The topological polar surface area (TPSA) is 9.23 Å². The number of methoxy groups -OCH3 is 1. The zero-order chi connectivity index (χ0) is 15.4. The molecule has 0 amide bonds. The number of hydrogen-bond donors (Lipinski definition) is 0. The molecule has 0 N–H and O–H groups in total. The molecule has 0 radical (unpaired) electrons. The maximum Gasteiger partial charge on any atom is 0.133 e. The lowest BCUT2D eigenvalue weighted by Crippen LogP contribution is -2.02. The maximum atomic E-state index is 13.6. The number of alkyl halides is 1. The second-order valence-corrected chi connectivity index (χ2v) is 5.16. The number of rotatable bonds is 5. The molecule has 0 fully saturated rings. The first-order chi connectivity index (χ1) is 10.0. The SMILES string of the molecule is COc1ccc(CCC(Cl)c2c(F)cc(F)cc2F)cc1. The fourth-order valence-electron chi connectivity index (χ4n) is 2.08. The van der Waals surface area contributed by atoms with Crippen LogP contribution in [-0.4, -0.2) is 7.11 Å². The van der Waals surface area contributed by atoms with Crippen molar-refractivity contribution in [2.75, 3.05) is 7.11 Å². The summed E-state index contributed by atoms with van der Waals surface area (Å²) in [4.78, 5) is 0. The Bertz CT molecular complexity index is 590. The molecule has 0 saturated carbocycles. The van der Waals surface area contributed by atoms with Gasteiger partial charge in [-0.3, -0.25) is 0 Å². The van der Waals surface area contributed by atoms with E-state index in [9.17, 15) is 13.2 Å². The fraction of sp³-hybridized carbons (Fsp3) is 0.250. The van der Waals surface area contributed by atoms with Crippen molar-refractivity contribution >= 4 is 11.6 Å². The van der Waals surface area contributed by atoms with Gasteiger partial charge in [0.25, 0.3) is 0 Å². The van der Waals surface area contributed by atoms with Crippen LogP contribution in [0.5, 0.6) is 5.75 Å². The summed E-state index contributed by atoms with van der Waals surface area (Å²) in [5, 5.41) is -0.854. The van der Waals surface area contributed by atoms with Crippen molar-refractivity contribution in [1.82, 2.24) is 0 Å². The maximum absolute atomic E-state index is 13.6. The molecule has 0 aliphatic rings. The van der Waals surface area contributed by atoms with Gasteiger partial charge in [0.05, 0.1) is 12.5 Å². The van der Waals surface area contributed by atoms with Crippen molar-refractivity contribution in [3.05, 3.63) is 65.0 Å². The molecule has 0 spiro atoms. The first-order valence-corrected chi connectivity index (χ1v) is 6.86. The highest BCUT2D eigenvalue weighted by atomic mass is 35.5. The summed E-state index contributed by atoms with van der Waals surface area (Å²) in [6, 6.07) is 8.61. The molecule has 2 rings (SSSR count). The van der Waals surface area contributed by atoms with E-state index in [2.05, 4.69) is 0 Å². The van der Waals surface area contributed by atoms with Gasteiger partial charge in [0.2, 0.25) is 0 Å². The van der Waals surface area contributed by atoms with E-state index < -0.39 is 22.8 Å². The van der Waals surface area contributed by atoms with Crippen LogP contribution in [0, 0.1) is 17.5 Å². The van der Waals surface area contributed by atoms with Crippen LogP contribution in [-0.2, 0) is 6.42 Å². The second-order valence-electron chi connectivity index (χ2n) is 4.64. The van der Waals surface area contributed by atoms with E-state index in [-0.39, 0.29) is 5.56 Å². The molecule has 0 aliphatic heterocycles. The number of hydrogen-bond acceptors (Lipinski definition) is 1. The fourth-order valence-corrected chi connectivity index (χ4v) is 2.40. The van der Waals surface area contributed by atoms with Gasteiger partial charge >= 0.3 is 0 Å². The zero-order valence-corrected chi connectivity index (χ0v) is 12.1. The Hall–Kier alpha value is -1.68. The minimum Gasteiger partial charge on any atom is -0.497 e. The molecule has 0 heterocycles. The van der Waals surface area contributed by atoms with Crippen molar-refractivity contribution in [2.24, 2.45) is 0 Å². The third-order valence-corrected chi connectivity index (χ3v) is 3.64. The normalized spacial score (nSPS) is 12.2. The summed E-state index contributed by atoms with van der Waals surface area (Å²) >= 11 is 6.05. The highest BCUT2D eigenvalue weighted by Crippen LogP contribution is 2.31. The van der Waals surface area contributed by atoms with E-state index in [4.69, 9.17) is 16.3 Å². The third-order valence-electron chi connectivity index (χ3n) is 3.20. The van der Waals surface area contributed by atoms with Crippen LogP contribution in [0.4, 0.5) is 13.2 Å². The van der Waals surface area contributed by atoms with E-state index in [0.717, 1.165) is 11.3 Å². The molecule has 0 saturated heterocycles. The van der Waals surface area contributed by atoms with Crippen molar-refractivity contribution in [3.8, 4) is 5.75 Å². The summed E-state index contributed by atoms with van der Waals surface area (Å²) in [6.07, 6.45) is 0.891. The number of aryl methyl sites for hydroxylation is 1. The van der Waals surface area contributed by atoms with Crippen LogP contribution in [0.25, 0.3) is 0 Å². The summed E-state index contributed by atoms with van der Waals surface area (Å²) in [5.74, 6) is -2.13. The molecule has 1 nitrogen and oxygen atoms in total. The highest BCUT2D eigenvalue weighted by molar-refractivity contribution is 6.20. The van der Waals surface area contributed by atoms with E-state index >= 15 is 0 Å². The van der Waals surface area contributed by atoms with Gasteiger partial charge in [0, 0.05) is 17.7 Å². The predicted molar refractivity (Wildman–Crippen MR) is 76.2 cm³/mol. The van der Waals surface area contributed by atoms with Gasteiger partial charge in [-0.1, -0.05) is 12.1 Å². The van der Waals surface area contributed by atoms with Gasteiger partial charge in [-0.2, -0.15) is 0 Å². The zero-order valence-electron chi connectivity index (χ0n) is 11.4. The average molecular weight is 315 g/mol. The van der Waals surface area contributed by atoms with Crippen LogP contribution in [0.1, 0.15) is 22.9 Å². The Morgan fingerprint density at radius 1 is 1.05 bits per heavy atom. The molecule has 2 aromatic carbocycles. The molecule has 1 unspecified atom stereocenters. The van der Waals surface area contributed by atoms with Gasteiger partial charge in [-0.15, -0.1) is 11.6 Å². The lowest BCUT2D eigenvalue weighted by atomic mass is 10.0. The molecule has 21 heavy (non-hydrogen) atoms. The molecule has 0 aliphatic carbocycles. The first-order valence-electron chi connectivity index (χ1n) is 6.42. The van der Waals surface area contributed by atoms with Crippen LogP contribution in [0.3, 0.4) is 0 Å². The minimum absolute atomic E-state index is 0.286. The van der Waals surface area contributed by atoms with Gasteiger partial charge in [-0.25, -0.2) is 13.2 Å². The number of benzene rings is 2.